The van der Waals surface area contributed by atoms with Crippen LogP contribution in [0, 0.1) is 18.7 Å². The van der Waals surface area contributed by atoms with Crippen LogP contribution >= 0.6 is 0 Å². The van der Waals surface area contributed by atoms with Gasteiger partial charge in [-0.05, 0) is 44.2 Å². The third-order valence-electron chi connectivity index (χ3n) is 5.57. The number of carbonyl (C=O) groups excluding carboxylic acids is 1. The lowest BCUT2D eigenvalue weighted by atomic mass is 9.99. The van der Waals surface area contributed by atoms with Gasteiger partial charge in [0.2, 0.25) is 0 Å². The molecule has 29 heavy (non-hydrogen) atoms. The lowest BCUT2D eigenvalue weighted by molar-refractivity contribution is -0.710. The fourth-order valence-corrected chi connectivity index (χ4v) is 4.00. The number of hydrogen-bond donors (Lipinski definition) is 2. The number of hydrogen-bond acceptors (Lipinski definition) is 2. The summed E-state index contributed by atoms with van der Waals surface area (Å²) in [5, 5.41) is 3.47. The van der Waals surface area contributed by atoms with Crippen LogP contribution in [0.15, 0.2) is 53.3 Å². The van der Waals surface area contributed by atoms with Crippen molar-refractivity contribution in [2.24, 2.45) is 5.92 Å². The third kappa shape index (κ3) is 3.56. The number of carbonyl (C=O) groups is 1. The Kier molecular flexibility index (Phi) is 5.20. The highest BCUT2D eigenvalue weighted by Gasteiger charge is 2.34. The summed E-state index contributed by atoms with van der Waals surface area (Å²) in [7, 11) is 0. The highest BCUT2D eigenvalue weighted by Crippen LogP contribution is 2.41. The predicted molar refractivity (Wildman–Crippen MR) is 110 cm³/mol. The predicted octanol–water partition coefficient (Wildman–Crippen LogP) is 2.68. The molecule has 1 aromatic heterocycles. The summed E-state index contributed by atoms with van der Waals surface area (Å²) < 4.78 is 15.9. The fraction of sp³-hybridized carbons (Fsp3) is 0.304. The van der Waals surface area contributed by atoms with E-state index in [0.717, 1.165) is 18.4 Å². The molecule has 0 radical (unpaired) electrons. The van der Waals surface area contributed by atoms with E-state index < -0.39 is 11.4 Å². The normalized spacial score (nSPS) is 14.7. The number of nitrogens with one attached hydrogen (secondary N) is 1. The van der Waals surface area contributed by atoms with Gasteiger partial charge in [-0.25, -0.2) is 9.82 Å². The second kappa shape index (κ2) is 7.79. The number of halogens is 1. The summed E-state index contributed by atoms with van der Waals surface area (Å²) in [6.07, 6.45) is 2.13. The minimum absolute atomic E-state index is 0.0457. The number of rotatable bonds is 6. The summed E-state index contributed by atoms with van der Waals surface area (Å²) in [6.45, 7) is 4.23. The zero-order valence-electron chi connectivity index (χ0n) is 16.6. The smallest absolute Gasteiger partial charge is 0.307 e. The standard InChI is InChI=1S/C23H24FN3O2/c1-3-25-27-14(2)19(17-10-7-11-18(24)20(17)23(27)29)22(28)26-21(16-12-13-16)15-8-5-4-6-9-15/h4-11,16,21,25H,3,12-13H2,1-2H3,(H,26,28)/p+1. The van der Waals surface area contributed by atoms with Gasteiger partial charge in [0.05, 0.1) is 29.2 Å². The Morgan fingerprint density at radius 3 is 2.59 bits per heavy atom. The first kappa shape index (κ1) is 19.3. The van der Waals surface area contributed by atoms with E-state index in [9.17, 15) is 14.0 Å². The maximum atomic E-state index is 14.5. The van der Waals surface area contributed by atoms with Gasteiger partial charge in [0, 0.05) is 5.39 Å². The SMILES string of the molecule is CC[NH2+]n1c(C)c(C(=O)NC(c2ccccc2)C2CC2)c2cccc(F)c2c1=O. The van der Waals surface area contributed by atoms with Crippen molar-refractivity contribution in [1.29, 1.82) is 0 Å². The summed E-state index contributed by atoms with van der Waals surface area (Å²) >= 11 is 0. The van der Waals surface area contributed by atoms with Gasteiger partial charge in [-0.3, -0.25) is 9.59 Å². The molecule has 3 N–H and O–H groups in total. The van der Waals surface area contributed by atoms with Gasteiger partial charge in [0.25, 0.3) is 5.91 Å². The maximum Gasteiger partial charge on any atom is 0.307 e. The van der Waals surface area contributed by atoms with Crippen LogP contribution in [-0.2, 0) is 0 Å². The number of pyridine rings is 1. The minimum Gasteiger partial charge on any atom is -0.345 e. The average Bonchev–Trinajstić information content (AvgIpc) is 3.55. The molecule has 1 unspecified atom stereocenters. The lowest BCUT2D eigenvalue weighted by Crippen LogP contribution is -2.90. The first-order valence-corrected chi connectivity index (χ1v) is 10.0. The second-order valence-corrected chi connectivity index (χ2v) is 7.59. The number of quaternary nitrogens is 1. The van der Waals surface area contributed by atoms with Crippen molar-refractivity contribution >= 4 is 16.7 Å². The molecule has 1 aliphatic carbocycles. The Hall–Kier alpha value is -2.99. The number of nitrogens with two attached hydrogens (primary N) is 1. The van der Waals surface area contributed by atoms with Crippen molar-refractivity contribution in [2.75, 3.05) is 6.54 Å². The van der Waals surface area contributed by atoms with Gasteiger partial charge in [0.15, 0.2) is 0 Å². The molecule has 2 aromatic carbocycles. The molecule has 150 valence electrons. The minimum atomic E-state index is -0.610. The van der Waals surface area contributed by atoms with Crippen LogP contribution < -0.4 is 16.3 Å². The first-order valence-electron chi connectivity index (χ1n) is 10.0. The van der Waals surface area contributed by atoms with Crippen LogP contribution in [0.3, 0.4) is 0 Å². The van der Waals surface area contributed by atoms with Crippen molar-refractivity contribution in [3.05, 3.63) is 81.5 Å². The largest absolute Gasteiger partial charge is 0.345 e. The monoisotopic (exact) mass is 394 g/mol. The van der Waals surface area contributed by atoms with Gasteiger partial charge in [-0.15, -0.1) is 0 Å². The average molecular weight is 394 g/mol. The molecule has 1 amide bonds. The molecular formula is C23H25FN3O2+. The van der Waals surface area contributed by atoms with Crippen molar-refractivity contribution < 1.29 is 14.6 Å². The molecule has 6 heteroatoms. The summed E-state index contributed by atoms with van der Waals surface area (Å²) in [6, 6.07) is 14.2. The van der Waals surface area contributed by atoms with E-state index in [1.807, 2.05) is 37.3 Å². The van der Waals surface area contributed by atoms with Gasteiger partial charge in [-0.1, -0.05) is 42.5 Å². The lowest BCUT2D eigenvalue weighted by Gasteiger charge is -2.21. The van der Waals surface area contributed by atoms with E-state index in [-0.39, 0.29) is 17.3 Å². The first-order chi connectivity index (χ1) is 14.0. The highest BCUT2D eigenvalue weighted by molar-refractivity contribution is 6.08. The van der Waals surface area contributed by atoms with Crippen molar-refractivity contribution in [1.82, 2.24) is 9.99 Å². The molecule has 1 saturated carbocycles. The number of aromatic nitrogens is 1. The molecule has 5 nitrogen and oxygen atoms in total. The van der Waals surface area contributed by atoms with E-state index in [2.05, 4.69) is 5.32 Å². The van der Waals surface area contributed by atoms with Gasteiger partial charge < -0.3 is 5.32 Å². The van der Waals surface area contributed by atoms with E-state index in [4.69, 9.17) is 0 Å². The third-order valence-corrected chi connectivity index (χ3v) is 5.57. The van der Waals surface area contributed by atoms with Crippen molar-refractivity contribution in [3.8, 4) is 0 Å². The molecule has 1 aliphatic rings. The van der Waals surface area contributed by atoms with E-state index in [1.54, 1.807) is 18.4 Å². The Bertz CT molecular complexity index is 1120. The Balaban J connectivity index is 1.83. The van der Waals surface area contributed by atoms with E-state index >= 15 is 0 Å². The van der Waals surface area contributed by atoms with E-state index in [1.165, 1.54) is 16.8 Å². The van der Waals surface area contributed by atoms with Crippen LogP contribution in [0.4, 0.5) is 4.39 Å². The highest BCUT2D eigenvalue weighted by atomic mass is 19.1. The van der Waals surface area contributed by atoms with Gasteiger partial charge >= 0.3 is 5.56 Å². The molecule has 1 heterocycles. The molecular weight excluding hydrogens is 369 g/mol. The Labute approximate surface area is 168 Å². The number of nitrogens with zero attached hydrogens (tertiary/aromatic N) is 1. The van der Waals surface area contributed by atoms with Gasteiger partial charge in [-0.2, -0.15) is 4.68 Å². The quantitative estimate of drug-likeness (QED) is 0.631. The molecule has 1 atom stereocenters. The topological polar surface area (TPSA) is 67.7 Å². The van der Waals surface area contributed by atoms with Crippen LogP contribution in [0.25, 0.3) is 10.8 Å². The summed E-state index contributed by atoms with van der Waals surface area (Å²) in [4.78, 5) is 26.3. The number of benzene rings is 2. The Morgan fingerprint density at radius 1 is 1.21 bits per heavy atom. The van der Waals surface area contributed by atoms with Gasteiger partial charge in [0.1, 0.15) is 5.82 Å². The maximum absolute atomic E-state index is 14.5. The van der Waals surface area contributed by atoms with Crippen molar-refractivity contribution in [2.45, 2.75) is 32.7 Å². The Morgan fingerprint density at radius 2 is 1.93 bits per heavy atom. The second-order valence-electron chi connectivity index (χ2n) is 7.59. The molecule has 4 rings (SSSR count). The molecule has 3 aromatic rings. The molecule has 0 spiro atoms. The fourth-order valence-electron chi connectivity index (χ4n) is 4.00. The number of amides is 1. The van der Waals surface area contributed by atoms with Crippen LogP contribution in [0.5, 0.6) is 0 Å². The van der Waals surface area contributed by atoms with Crippen molar-refractivity contribution in [3.63, 3.8) is 0 Å². The summed E-state index contributed by atoms with van der Waals surface area (Å²) in [5.41, 5.74) is 3.19. The molecule has 0 bridgehead atoms. The van der Waals surface area contributed by atoms with Crippen LogP contribution in [-0.4, -0.2) is 17.1 Å². The van der Waals surface area contributed by atoms with Crippen LogP contribution in [0.1, 0.15) is 47.4 Å². The summed E-state index contributed by atoms with van der Waals surface area (Å²) in [5.74, 6) is -0.489. The molecule has 0 aliphatic heterocycles. The molecule has 1 fully saturated rings. The number of fused-ring (bicyclic) bond motifs is 1. The van der Waals surface area contributed by atoms with Crippen LogP contribution in [0.2, 0.25) is 0 Å². The zero-order chi connectivity index (χ0) is 20.5. The zero-order valence-corrected chi connectivity index (χ0v) is 16.6. The van der Waals surface area contributed by atoms with E-state index in [0.29, 0.717) is 29.1 Å². The molecule has 0 saturated heterocycles.